The number of rotatable bonds is 3. The number of benzene rings is 1. The minimum absolute atomic E-state index is 0.376. The lowest BCUT2D eigenvalue weighted by atomic mass is 10.2. The van der Waals surface area contributed by atoms with Gasteiger partial charge in [-0.15, -0.1) is 0 Å². The highest BCUT2D eigenvalue weighted by Crippen LogP contribution is 2.20. The molecule has 1 heterocycles. The molecule has 0 spiro atoms. The third-order valence-electron chi connectivity index (χ3n) is 3.36. The van der Waals surface area contributed by atoms with E-state index < -0.39 is 10.0 Å². The normalized spacial score (nSPS) is 18.5. The molecule has 0 unspecified atom stereocenters. The van der Waals surface area contributed by atoms with E-state index in [0.29, 0.717) is 24.5 Å². The number of nitrogens with two attached hydrogens (primary N) is 1. The fourth-order valence-corrected chi connectivity index (χ4v) is 3.75. The molecule has 1 aliphatic rings. The summed E-state index contributed by atoms with van der Waals surface area (Å²) in [5.74, 6) is 0. The Morgan fingerprint density at radius 1 is 1.00 bits per heavy atom. The maximum absolute atomic E-state index is 12.4. The Bertz CT molecular complexity index is 474. The van der Waals surface area contributed by atoms with E-state index in [9.17, 15) is 8.42 Å². The molecule has 2 N–H and O–H groups in total. The summed E-state index contributed by atoms with van der Waals surface area (Å²) in [4.78, 5) is 0.376. The Kier molecular flexibility index (Phi) is 4.37. The van der Waals surface area contributed by atoms with Crippen LogP contribution in [0.25, 0.3) is 0 Å². The van der Waals surface area contributed by atoms with Crippen LogP contribution in [-0.2, 0) is 16.6 Å². The zero-order chi connectivity index (χ0) is 13.0. The molecule has 0 amide bonds. The summed E-state index contributed by atoms with van der Waals surface area (Å²) < 4.78 is 26.5. The first-order valence-corrected chi connectivity index (χ1v) is 7.88. The minimum atomic E-state index is -3.32. The number of hydrogen-bond acceptors (Lipinski definition) is 3. The van der Waals surface area contributed by atoms with Crippen molar-refractivity contribution in [3.63, 3.8) is 0 Å². The Labute approximate surface area is 109 Å². The molecule has 1 fully saturated rings. The van der Waals surface area contributed by atoms with Crippen LogP contribution >= 0.6 is 0 Å². The second-order valence-electron chi connectivity index (χ2n) is 4.67. The van der Waals surface area contributed by atoms with Gasteiger partial charge in [0.05, 0.1) is 4.90 Å². The van der Waals surface area contributed by atoms with Crippen LogP contribution in [0.3, 0.4) is 0 Å². The first kappa shape index (κ1) is 13.5. The maximum atomic E-state index is 12.4. The molecule has 1 aromatic carbocycles. The van der Waals surface area contributed by atoms with Crippen LogP contribution in [0.5, 0.6) is 0 Å². The number of sulfonamides is 1. The van der Waals surface area contributed by atoms with Crippen molar-refractivity contribution in [1.29, 1.82) is 0 Å². The minimum Gasteiger partial charge on any atom is -0.326 e. The zero-order valence-electron chi connectivity index (χ0n) is 10.5. The molecule has 4 nitrogen and oxygen atoms in total. The van der Waals surface area contributed by atoms with Crippen molar-refractivity contribution in [2.45, 2.75) is 37.1 Å². The van der Waals surface area contributed by atoms with Crippen molar-refractivity contribution in [1.82, 2.24) is 4.31 Å². The van der Waals surface area contributed by atoms with Crippen LogP contribution in [0, 0.1) is 0 Å². The second-order valence-corrected chi connectivity index (χ2v) is 6.60. The van der Waals surface area contributed by atoms with Gasteiger partial charge in [-0.05, 0) is 30.5 Å². The van der Waals surface area contributed by atoms with E-state index in [4.69, 9.17) is 5.73 Å². The second kappa shape index (κ2) is 5.82. The molecule has 1 saturated heterocycles. The summed E-state index contributed by atoms with van der Waals surface area (Å²) in [6.45, 7) is 1.71. The average molecular weight is 268 g/mol. The molecule has 0 saturated carbocycles. The van der Waals surface area contributed by atoms with Gasteiger partial charge in [0.25, 0.3) is 0 Å². The molecule has 1 aromatic rings. The Morgan fingerprint density at radius 3 is 2.06 bits per heavy atom. The summed E-state index contributed by atoms with van der Waals surface area (Å²) in [7, 11) is -3.32. The van der Waals surface area contributed by atoms with Crippen molar-refractivity contribution in [2.24, 2.45) is 5.73 Å². The molecular weight excluding hydrogens is 248 g/mol. The highest BCUT2D eigenvalue weighted by atomic mass is 32.2. The Morgan fingerprint density at radius 2 is 1.56 bits per heavy atom. The van der Waals surface area contributed by atoms with Crippen molar-refractivity contribution in [3.8, 4) is 0 Å². The van der Waals surface area contributed by atoms with Crippen LogP contribution in [0.15, 0.2) is 29.2 Å². The van der Waals surface area contributed by atoms with E-state index >= 15 is 0 Å². The van der Waals surface area contributed by atoms with Crippen molar-refractivity contribution >= 4 is 10.0 Å². The molecule has 18 heavy (non-hydrogen) atoms. The van der Waals surface area contributed by atoms with Gasteiger partial charge in [-0.25, -0.2) is 8.42 Å². The highest BCUT2D eigenvalue weighted by Gasteiger charge is 2.24. The Hall–Kier alpha value is -0.910. The van der Waals surface area contributed by atoms with Gasteiger partial charge in [-0.3, -0.25) is 0 Å². The van der Waals surface area contributed by atoms with Crippen LogP contribution in [0.1, 0.15) is 31.2 Å². The van der Waals surface area contributed by atoms with Gasteiger partial charge in [0.15, 0.2) is 0 Å². The van der Waals surface area contributed by atoms with E-state index in [1.807, 2.05) is 0 Å². The average Bonchev–Trinajstić information content (AvgIpc) is 2.68. The van der Waals surface area contributed by atoms with Gasteiger partial charge in [-0.2, -0.15) is 4.31 Å². The largest absolute Gasteiger partial charge is 0.326 e. The fraction of sp³-hybridized carbons (Fsp3) is 0.538. The molecule has 100 valence electrons. The van der Waals surface area contributed by atoms with Gasteiger partial charge in [0.1, 0.15) is 0 Å². The fourth-order valence-electron chi connectivity index (χ4n) is 2.23. The topological polar surface area (TPSA) is 63.4 Å². The SMILES string of the molecule is NCc1ccc(S(=O)(=O)N2CCCCCC2)cc1. The first-order valence-electron chi connectivity index (χ1n) is 6.44. The van der Waals surface area contributed by atoms with E-state index in [1.54, 1.807) is 28.6 Å². The third-order valence-corrected chi connectivity index (χ3v) is 5.27. The molecule has 2 rings (SSSR count). The Balaban J connectivity index is 2.22. The number of nitrogens with zero attached hydrogens (tertiary/aromatic N) is 1. The molecule has 0 atom stereocenters. The lowest BCUT2D eigenvalue weighted by Gasteiger charge is -2.19. The summed E-state index contributed by atoms with van der Waals surface area (Å²) in [5.41, 5.74) is 6.46. The smallest absolute Gasteiger partial charge is 0.243 e. The van der Waals surface area contributed by atoms with E-state index in [1.165, 1.54) is 0 Å². The van der Waals surface area contributed by atoms with Crippen LogP contribution in [0.4, 0.5) is 0 Å². The van der Waals surface area contributed by atoms with Crippen LogP contribution in [0.2, 0.25) is 0 Å². The summed E-state index contributed by atoms with van der Waals surface area (Å²) in [5, 5.41) is 0. The van der Waals surface area contributed by atoms with Crippen LogP contribution in [-0.4, -0.2) is 25.8 Å². The maximum Gasteiger partial charge on any atom is 0.243 e. The quantitative estimate of drug-likeness (QED) is 0.907. The van der Waals surface area contributed by atoms with Crippen molar-refractivity contribution in [2.75, 3.05) is 13.1 Å². The monoisotopic (exact) mass is 268 g/mol. The van der Waals surface area contributed by atoms with Crippen molar-refractivity contribution in [3.05, 3.63) is 29.8 Å². The van der Waals surface area contributed by atoms with E-state index in [2.05, 4.69) is 0 Å². The summed E-state index contributed by atoms with van der Waals surface area (Å²) in [6, 6.07) is 6.88. The first-order chi connectivity index (χ1) is 8.64. The van der Waals surface area contributed by atoms with Crippen molar-refractivity contribution < 1.29 is 8.42 Å². The van der Waals surface area contributed by atoms with Gasteiger partial charge in [0.2, 0.25) is 10.0 Å². The molecule has 0 aromatic heterocycles. The summed E-state index contributed by atoms with van der Waals surface area (Å²) >= 11 is 0. The molecular formula is C13H20N2O2S. The highest BCUT2D eigenvalue weighted by molar-refractivity contribution is 7.89. The predicted octanol–water partition coefficient (Wildman–Crippen LogP) is 1.71. The third kappa shape index (κ3) is 2.91. The molecule has 0 aliphatic carbocycles. The summed E-state index contributed by atoms with van der Waals surface area (Å²) in [6.07, 6.45) is 4.16. The van der Waals surface area contributed by atoms with Crippen LogP contribution < -0.4 is 5.73 Å². The number of hydrogen-bond donors (Lipinski definition) is 1. The van der Waals surface area contributed by atoms with Gasteiger partial charge in [-0.1, -0.05) is 25.0 Å². The lowest BCUT2D eigenvalue weighted by molar-refractivity contribution is 0.423. The van der Waals surface area contributed by atoms with Gasteiger partial charge in [0, 0.05) is 19.6 Å². The molecule has 0 radical (unpaired) electrons. The molecule has 0 bridgehead atoms. The zero-order valence-corrected chi connectivity index (χ0v) is 11.3. The van der Waals surface area contributed by atoms with E-state index in [-0.39, 0.29) is 0 Å². The van der Waals surface area contributed by atoms with Gasteiger partial charge < -0.3 is 5.73 Å². The molecule has 5 heteroatoms. The lowest BCUT2D eigenvalue weighted by Crippen LogP contribution is -2.31. The van der Waals surface area contributed by atoms with Gasteiger partial charge >= 0.3 is 0 Å². The standard InChI is InChI=1S/C13H20N2O2S/c14-11-12-5-7-13(8-6-12)18(16,17)15-9-3-1-2-4-10-15/h5-8H,1-4,9-11,14H2. The predicted molar refractivity (Wildman–Crippen MR) is 71.6 cm³/mol. The van der Waals surface area contributed by atoms with E-state index in [0.717, 1.165) is 31.2 Å². The molecule has 1 aliphatic heterocycles.